The predicted octanol–water partition coefficient (Wildman–Crippen LogP) is 2.89. The first-order valence-electron chi connectivity index (χ1n) is 8.34. The average molecular weight is 316 g/mol. The summed E-state index contributed by atoms with van der Waals surface area (Å²) in [6.45, 7) is 11.2. The molecule has 0 aromatic rings. The first-order valence-corrected chi connectivity index (χ1v) is 9.57. The van der Waals surface area contributed by atoms with Gasteiger partial charge in [0.05, 0.1) is 6.54 Å². The smallest absolute Gasteiger partial charge is 0.191 e. The Morgan fingerprint density at radius 1 is 1.19 bits per heavy atom. The highest BCUT2D eigenvalue weighted by atomic mass is 32.2. The van der Waals surface area contributed by atoms with E-state index in [2.05, 4.69) is 37.7 Å². The summed E-state index contributed by atoms with van der Waals surface area (Å²) in [5, 5.41) is 6.87. The van der Waals surface area contributed by atoms with Gasteiger partial charge in [-0.05, 0) is 31.9 Å². The summed E-state index contributed by atoms with van der Waals surface area (Å²) in [5.74, 6) is 1.69. The standard InChI is InChI=1S/C16H33N3OS/c1-5-14(6-2)12-18-15(17-7-3)19-13-16(21-4)8-10-20-11-9-16/h14H,5-13H2,1-4H3,(H2,17,18,19). The first kappa shape index (κ1) is 18.6. The topological polar surface area (TPSA) is 45.7 Å². The molecule has 1 fully saturated rings. The minimum atomic E-state index is 0.259. The zero-order chi connectivity index (χ0) is 15.6. The van der Waals surface area contributed by atoms with E-state index in [-0.39, 0.29) is 4.75 Å². The van der Waals surface area contributed by atoms with Crippen LogP contribution in [-0.4, -0.2) is 49.8 Å². The third kappa shape index (κ3) is 6.47. The van der Waals surface area contributed by atoms with E-state index in [4.69, 9.17) is 9.73 Å². The van der Waals surface area contributed by atoms with Gasteiger partial charge in [0, 0.05) is 31.1 Å². The number of hydrogen-bond acceptors (Lipinski definition) is 3. The largest absolute Gasteiger partial charge is 0.381 e. The maximum atomic E-state index is 5.50. The second kappa shape index (κ2) is 10.3. The highest BCUT2D eigenvalue weighted by Gasteiger charge is 2.31. The van der Waals surface area contributed by atoms with Gasteiger partial charge in [0.15, 0.2) is 5.96 Å². The zero-order valence-electron chi connectivity index (χ0n) is 14.2. The normalized spacial score (nSPS) is 18.8. The molecule has 0 radical (unpaired) electrons. The van der Waals surface area contributed by atoms with E-state index < -0.39 is 0 Å². The van der Waals surface area contributed by atoms with Crippen LogP contribution in [0.3, 0.4) is 0 Å². The minimum Gasteiger partial charge on any atom is -0.381 e. The maximum Gasteiger partial charge on any atom is 0.191 e. The lowest BCUT2D eigenvalue weighted by Crippen LogP contribution is -2.42. The van der Waals surface area contributed by atoms with Crippen LogP contribution in [0.4, 0.5) is 0 Å². The molecule has 21 heavy (non-hydrogen) atoms. The Hall–Kier alpha value is -0.420. The fourth-order valence-corrected chi connectivity index (χ4v) is 3.32. The van der Waals surface area contributed by atoms with Crippen LogP contribution in [0.2, 0.25) is 0 Å². The Kier molecular flexibility index (Phi) is 9.16. The second-order valence-corrected chi connectivity index (χ2v) is 7.03. The predicted molar refractivity (Wildman–Crippen MR) is 94.4 cm³/mol. The third-order valence-corrected chi connectivity index (χ3v) is 5.82. The van der Waals surface area contributed by atoms with E-state index in [1.54, 1.807) is 0 Å². The van der Waals surface area contributed by atoms with Crippen molar-refractivity contribution in [1.82, 2.24) is 10.6 Å². The van der Waals surface area contributed by atoms with Gasteiger partial charge in [-0.3, -0.25) is 4.99 Å². The van der Waals surface area contributed by atoms with Crippen molar-refractivity contribution < 1.29 is 4.74 Å². The maximum absolute atomic E-state index is 5.50. The van der Waals surface area contributed by atoms with Crippen molar-refractivity contribution in [3.63, 3.8) is 0 Å². The minimum absolute atomic E-state index is 0.259. The molecular formula is C16H33N3OS. The van der Waals surface area contributed by atoms with Crippen molar-refractivity contribution >= 4 is 17.7 Å². The van der Waals surface area contributed by atoms with Gasteiger partial charge in [-0.15, -0.1) is 0 Å². The molecule has 1 heterocycles. The van der Waals surface area contributed by atoms with Gasteiger partial charge in [0.25, 0.3) is 0 Å². The highest BCUT2D eigenvalue weighted by molar-refractivity contribution is 8.00. The summed E-state index contributed by atoms with van der Waals surface area (Å²) >= 11 is 1.94. The molecule has 0 bridgehead atoms. The molecule has 0 amide bonds. The van der Waals surface area contributed by atoms with Gasteiger partial charge in [-0.25, -0.2) is 0 Å². The van der Waals surface area contributed by atoms with Crippen molar-refractivity contribution in [1.29, 1.82) is 0 Å². The van der Waals surface area contributed by atoms with Crippen LogP contribution in [0.15, 0.2) is 4.99 Å². The van der Waals surface area contributed by atoms with Crippen molar-refractivity contribution in [2.24, 2.45) is 10.9 Å². The number of aliphatic imine (C=N–C) groups is 1. The van der Waals surface area contributed by atoms with Gasteiger partial charge in [0.2, 0.25) is 0 Å². The van der Waals surface area contributed by atoms with Crippen LogP contribution in [0.1, 0.15) is 46.5 Å². The Balaban J connectivity index is 2.56. The van der Waals surface area contributed by atoms with E-state index in [1.807, 2.05) is 11.8 Å². The van der Waals surface area contributed by atoms with Gasteiger partial charge in [-0.2, -0.15) is 11.8 Å². The van der Waals surface area contributed by atoms with Gasteiger partial charge in [0.1, 0.15) is 0 Å². The van der Waals surface area contributed by atoms with Gasteiger partial charge in [-0.1, -0.05) is 26.7 Å². The monoisotopic (exact) mass is 315 g/mol. The van der Waals surface area contributed by atoms with Crippen LogP contribution in [0, 0.1) is 5.92 Å². The lowest BCUT2D eigenvalue weighted by molar-refractivity contribution is 0.0794. The SMILES string of the molecule is CCNC(=NCC1(SC)CCOCC1)NCC(CC)CC. The van der Waals surface area contributed by atoms with Crippen LogP contribution in [-0.2, 0) is 4.74 Å². The zero-order valence-corrected chi connectivity index (χ0v) is 15.0. The molecule has 5 heteroatoms. The Labute approximate surface area is 134 Å². The van der Waals surface area contributed by atoms with E-state index in [1.165, 1.54) is 12.8 Å². The van der Waals surface area contributed by atoms with E-state index in [0.29, 0.717) is 0 Å². The van der Waals surface area contributed by atoms with Crippen LogP contribution in [0.25, 0.3) is 0 Å². The van der Waals surface area contributed by atoms with Crippen molar-refractivity contribution in [2.75, 3.05) is 39.1 Å². The molecule has 1 rings (SSSR count). The summed E-state index contributed by atoms with van der Waals surface area (Å²) in [5.41, 5.74) is 0. The molecule has 0 aliphatic carbocycles. The number of rotatable bonds is 8. The third-order valence-electron chi connectivity index (χ3n) is 4.42. The summed E-state index contributed by atoms with van der Waals surface area (Å²) in [6.07, 6.45) is 6.84. The van der Waals surface area contributed by atoms with Crippen molar-refractivity contribution in [3.8, 4) is 0 Å². The van der Waals surface area contributed by atoms with E-state index in [0.717, 1.165) is 57.6 Å². The quantitative estimate of drug-likeness (QED) is 0.534. The van der Waals surface area contributed by atoms with Crippen LogP contribution < -0.4 is 10.6 Å². The second-order valence-electron chi connectivity index (χ2n) is 5.76. The van der Waals surface area contributed by atoms with E-state index >= 15 is 0 Å². The number of guanidine groups is 1. The van der Waals surface area contributed by atoms with Gasteiger partial charge >= 0.3 is 0 Å². The number of hydrogen-bond donors (Lipinski definition) is 2. The van der Waals surface area contributed by atoms with E-state index in [9.17, 15) is 0 Å². The molecule has 1 aliphatic heterocycles. The molecule has 1 aliphatic rings. The van der Waals surface area contributed by atoms with Crippen LogP contribution >= 0.6 is 11.8 Å². The van der Waals surface area contributed by atoms with Crippen molar-refractivity contribution in [3.05, 3.63) is 0 Å². The molecule has 0 spiro atoms. The fourth-order valence-electron chi connectivity index (χ4n) is 2.55. The first-order chi connectivity index (χ1) is 10.2. The van der Waals surface area contributed by atoms with Crippen LogP contribution in [0.5, 0.6) is 0 Å². The molecule has 124 valence electrons. The Bertz CT molecular complexity index is 300. The van der Waals surface area contributed by atoms with Crippen molar-refractivity contribution in [2.45, 2.75) is 51.2 Å². The summed E-state index contributed by atoms with van der Waals surface area (Å²) in [7, 11) is 0. The number of thioether (sulfide) groups is 1. The molecule has 1 saturated heterocycles. The molecule has 0 atom stereocenters. The summed E-state index contributed by atoms with van der Waals surface area (Å²) < 4.78 is 5.76. The molecule has 0 unspecified atom stereocenters. The fraction of sp³-hybridized carbons (Fsp3) is 0.938. The van der Waals surface area contributed by atoms with Gasteiger partial charge < -0.3 is 15.4 Å². The Morgan fingerprint density at radius 2 is 1.86 bits per heavy atom. The molecule has 0 aromatic heterocycles. The number of nitrogens with zero attached hydrogens (tertiary/aromatic N) is 1. The Morgan fingerprint density at radius 3 is 2.38 bits per heavy atom. The molecule has 0 aromatic carbocycles. The summed E-state index contributed by atoms with van der Waals surface area (Å²) in [6, 6.07) is 0. The molecule has 0 saturated carbocycles. The number of ether oxygens (including phenoxy) is 1. The lowest BCUT2D eigenvalue weighted by Gasteiger charge is -2.34. The molecular weight excluding hydrogens is 282 g/mol. The highest BCUT2D eigenvalue weighted by Crippen LogP contribution is 2.33. The average Bonchev–Trinajstić information content (AvgIpc) is 2.54. The summed E-state index contributed by atoms with van der Waals surface area (Å²) in [4.78, 5) is 4.84. The molecule has 2 N–H and O–H groups in total. The molecule has 4 nitrogen and oxygen atoms in total. The lowest BCUT2D eigenvalue weighted by atomic mass is 9.99. The number of nitrogens with one attached hydrogen (secondary N) is 2.